The van der Waals surface area contributed by atoms with Crippen LogP contribution in [0.3, 0.4) is 0 Å². The van der Waals surface area contributed by atoms with Crippen LogP contribution in [-0.2, 0) is 11.3 Å². The number of nitrogens with zero attached hydrogens (tertiary/aromatic N) is 1. The number of carbonyl (C=O) groups excluding carboxylic acids is 1. The SMILES string of the molecule is COCCN(Cc1ccc(C)o1)C(=O)c1cc(C(=O)O)co1. The molecule has 7 heteroatoms. The average molecular weight is 307 g/mol. The van der Waals surface area contributed by atoms with Crippen LogP contribution in [-0.4, -0.2) is 42.1 Å². The second-order valence-corrected chi connectivity index (χ2v) is 4.74. The van der Waals surface area contributed by atoms with Gasteiger partial charge in [-0.1, -0.05) is 0 Å². The lowest BCUT2D eigenvalue weighted by atomic mass is 10.3. The maximum Gasteiger partial charge on any atom is 0.338 e. The first kappa shape index (κ1) is 15.8. The molecule has 0 aromatic carbocycles. The molecular formula is C15H17NO6. The summed E-state index contributed by atoms with van der Waals surface area (Å²) < 4.78 is 15.5. The molecule has 0 bridgehead atoms. The highest BCUT2D eigenvalue weighted by molar-refractivity contribution is 5.95. The number of furan rings is 2. The van der Waals surface area contributed by atoms with E-state index in [0.29, 0.717) is 18.9 Å². The molecule has 0 atom stereocenters. The van der Waals surface area contributed by atoms with Gasteiger partial charge in [0, 0.05) is 19.7 Å². The number of hydrogen-bond acceptors (Lipinski definition) is 5. The summed E-state index contributed by atoms with van der Waals surface area (Å²) >= 11 is 0. The number of ether oxygens (including phenoxy) is 1. The van der Waals surface area contributed by atoms with Crippen molar-refractivity contribution in [2.24, 2.45) is 0 Å². The van der Waals surface area contributed by atoms with Crippen molar-refractivity contribution in [3.63, 3.8) is 0 Å². The molecule has 1 N–H and O–H groups in total. The van der Waals surface area contributed by atoms with Crippen LogP contribution in [0.25, 0.3) is 0 Å². The first-order valence-electron chi connectivity index (χ1n) is 6.66. The highest BCUT2D eigenvalue weighted by atomic mass is 16.5. The second-order valence-electron chi connectivity index (χ2n) is 4.74. The van der Waals surface area contributed by atoms with Crippen molar-refractivity contribution in [3.8, 4) is 0 Å². The fraction of sp³-hybridized carbons (Fsp3) is 0.333. The minimum Gasteiger partial charge on any atom is -0.478 e. The number of rotatable bonds is 7. The molecule has 0 aliphatic heterocycles. The number of methoxy groups -OCH3 is 1. The summed E-state index contributed by atoms with van der Waals surface area (Å²) in [7, 11) is 1.54. The zero-order chi connectivity index (χ0) is 16.1. The predicted octanol–water partition coefficient (Wildman–Crippen LogP) is 2.17. The number of carbonyl (C=O) groups is 2. The molecule has 0 saturated carbocycles. The van der Waals surface area contributed by atoms with Gasteiger partial charge in [-0.05, 0) is 19.1 Å². The van der Waals surface area contributed by atoms with Gasteiger partial charge in [0.1, 0.15) is 17.8 Å². The van der Waals surface area contributed by atoms with Gasteiger partial charge in [0.15, 0.2) is 5.76 Å². The first-order valence-corrected chi connectivity index (χ1v) is 6.66. The summed E-state index contributed by atoms with van der Waals surface area (Å²) in [6.07, 6.45) is 1.04. The average Bonchev–Trinajstić information content (AvgIpc) is 3.11. The normalized spacial score (nSPS) is 10.6. The number of aromatic carboxylic acids is 1. The Morgan fingerprint density at radius 3 is 2.68 bits per heavy atom. The quantitative estimate of drug-likeness (QED) is 0.842. The standard InChI is InChI=1S/C15H17NO6/c1-10-3-4-12(22-10)8-16(5-6-20-2)14(17)13-7-11(9-21-13)15(18)19/h3-4,7,9H,5-6,8H2,1-2H3,(H,18,19). The number of carboxylic acids is 1. The van der Waals surface area contributed by atoms with Crippen LogP contribution in [0.1, 0.15) is 32.4 Å². The predicted molar refractivity (Wildman–Crippen MR) is 75.7 cm³/mol. The Morgan fingerprint density at radius 1 is 1.36 bits per heavy atom. The molecule has 0 saturated heterocycles. The maximum atomic E-state index is 12.4. The molecule has 22 heavy (non-hydrogen) atoms. The van der Waals surface area contributed by atoms with Crippen molar-refractivity contribution >= 4 is 11.9 Å². The van der Waals surface area contributed by atoms with Gasteiger partial charge in [-0.3, -0.25) is 4.79 Å². The molecule has 2 aromatic rings. The smallest absolute Gasteiger partial charge is 0.338 e. The molecule has 2 rings (SSSR count). The summed E-state index contributed by atoms with van der Waals surface area (Å²) in [4.78, 5) is 24.8. The van der Waals surface area contributed by atoms with Crippen LogP contribution >= 0.6 is 0 Å². The molecular weight excluding hydrogens is 290 g/mol. The Hall–Kier alpha value is -2.54. The van der Waals surface area contributed by atoms with Crippen LogP contribution in [0, 0.1) is 6.92 Å². The van der Waals surface area contributed by atoms with Gasteiger partial charge in [0.2, 0.25) is 0 Å². The van der Waals surface area contributed by atoms with Crippen molar-refractivity contribution in [3.05, 3.63) is 47.3 Å². The van der Waals surface area contributed by atoms with Crippen LogP contribution in [0.2, 0.25) is 0 Å². The van der Waals surface area contributed by atoms with Crippen LogP contribution in [0.5, 0.6) is 0 Å². The molecule has 2 heterocycles. The van der Waals surface area contributed by atoms with E-state index in [1.54, 1.807) is 6.07 Å². The summed E-state index contributed by atoms with van der Waals surface area (Å²) in [6, 6.07) is 4.80. The third kappa shape index (κ3) is 3.76. The number of aryl methyl sites for hydroxylation is 1. The van der Waals surface area contributed by atoms with Crippen molar-refractivity contribution in [1.29, 1.82) is 0 Å². The lowest BCUT2D eigenvalue weighted by molar-refractivity contribution is 0.0634. The highest BCUT2D eigenvalue weighted by Gasteiger charge is 2.22. The Bertz CT molecular complexity index is 657. The third-order valence-electron chi connectivity index (χ3n) is 3.05. The van der Waals surface area contributed by atoms with Crippen molar-refractivity contribution in [2.75, 3.05) is 20.3 Å². The van der Waals surface area contributed by atoms with E-state index in [4.69, 9.17) is 18.7 Å². The van der Waals surface area contributed by atoms with Gasteiger partial charge in [-0.25, -0.2) is 4.79 Å². The molecule has 0 radical (unpaired) electrons. The van der Waals surface area contributed by atoms with Gasteiger partial charge < -0.3 is 23.6 Å². The summed E-state index contributed by atoms with van der Waals surface area (Å²) in [6.45, 7) is 2.74. The van der Waals surface area contributed by atoms with E-state index in [0.717, 1.165) is 12.0 Å². The van der Waals surface area contributed by atoms with Crippen LogP contribution < -0.4 is 0 Å². The topological polar surface area (TPSA) is 93.1 Å². The molecule has 1 amide bonds. The maximum absolute atomic E-state index is 12.4. The zero-order valence-corrected chi connectivity index (χ0v) is 12.4. The van der Waals surface area contributed by atoms with Gasteiger partial charge in [-0.2, -0.15) is 0 Å². The van der Waals surface area contributed by atoms with Crippen molar-refractivity contribution in [1.82, 2.24) is 4.90 Å². The van der Waals surface area contributed by atoms with E-state index in [-0.39, 0.29) is 17.9 Å². The molecule has 0 aliphatic rings. The molecule has 0 fully saturated rings. The molecule has 118 valence electrons. The van der Waals surface area contributed by atoms with Gasteiger partial charge in [0.25, 0.3) is 5.91 Å². The third-order valence-corrected chi connectivity index (χ3v) is 3.05. The lowest BCUT2D eigenvalue weighted by Crippen LogP contribution is -2.33. The summed E-state index contributed by atoms with van der Waals surface area (Å²) in [5, 5.41) is 8.88. The van der Waals surface area contributed by atoms with E-state index >= 15 is 0 Å². The Morgan fingerprint density at radius 2 is 2.14 bits per heavy atom. The first-order chi connectivity index (χ1) is 10.5. The van der Waals surface area contributed by atoms with Gasteiger partial charge in [0.05, 0.1) is 18.7 Å². The van der Waals surface area contributed by atoms with E-state index in [9.17, 15) is 9.59 Å². The molecule has 0 spiro atoms. The van der Waals surface area contributed by atoms with E-state index in [2.05, 4.69) is 0 Å². The Kier molecular flexibility index (Phi) is 5.00. The lowest BCUT2D eigenvalue weighted by Gasteiger charge is -2.20. The van der Waals surface area contributed by atoms with Crippen LogP contribution in [0.15, 0.2) is 33.3 Å². The van der Waals surface area contributed by atoms with E-state index in [1.165, 1.54) is 18.1 Å². The monoisotopic (exact) mass is 307 g/mol. The van der Waals surface area contributed by atoms with E-state index in [1.807, 2.05) is 13.0 Å². The molecule has 0 unspecified atom stereocenters. The number of hydrogen-bond donors (Lipinski definition) is 1. The highest BCUT2D eigenvalue weighted by Crippen LogP contribution is 2.15. The molecule has 7 nitrogen and oxygen atoms in total. The molecule has 2 aromatic heterocycles. The Labute approximate surface area is 127 Å². The fourth-order valence-electron chi connectivity index (χ4n) is 1.93. The van der Waals surface area contributed by atoms with Gasteiger partial charge in [-0.15, -0.1) is 0 Å². The van der Waals surface area contributed by atoms with E-state index < -0.39 is 11.9 Å². The van der Waals surface area contributed by atoms with Crippen LogP contribution in [0.4, 0.5) is 0 Å². The second kappa shape index (κ2) is 6.95. The minimum absolute atomic E-state index is 0.0308. The molecule has 0 aliphatic carbocycles. The van der Waals surface area contributed by atoms with Crippen molar-refractivity contribution in [2.45, 2.75) is 13.5 Å². The number of amides is 1. The number of carboxylic acid groups (broad SMARTS) is 1. The Balaban J connectivity index is 2.15. The minimum atomic E-state index is -1.15. The van der Waals surface area contributed by atoms with Crippen molar-refractivity contribution < 1.29 is 28.3 Å². The summed E-state index contributed by atoms with van der Waals surface area (Å²) in [5.41, 5.74) is -0.0658. The largest absolute Gasteiger partial charge is 0.478 e. The fourth-order valence-corrected chi connectivity index (χ4v) is 1.93. The summed E-state index contributed by atoms with van der Waals surface area (Å²) in [5.74, 6) is -0.212. The zero-order valence-electron chi connectivity index (χ0n) is 12.4. The van der Waals surface area contributed by atoms with Gasteiger partial charge >= 0.3 is 5.97 Å².